The Morgan fingerprint density at radius 1 is 1.53 bits per heavy atom. The Morgan fingerprint density at radius 2 is 2.35 bits per heavy atom. The third-order valence-corrected chi connectivity index (χ3v) is 2.99. The first-order valence-corrected chi connectivity index (χ1v) is 6.41. The van der Waals surface area contributed by atoms with Gasteiger partial charge in [0, 0.05) is 13.0 Å². The van der Waals surface area contributed by atoms with Crippen LogP contribution in [0.4, 0.5) is 0 Å². The molecule has 1 amide bonds. The number of amides is 1. The smallest absolute Gasteiger partial charge is 0.224 e. The van der Waals surface area contributed by atoms with Gasteiger partial charge in [0.15, 0.2) is 0 Å². The van der Waals surface area contributed by atoms with Gasteiger partial charge in [-0.05, 0) is 35.2 Å². The number of hydrogen-bond donors (Lipinski definition) is 3. The minimum atomic E-state index is 0.0344. The fraction of sp³-hybridized carbons (Fsp3) is 0.455. The fourth-order valence-corrected chi connectivity index (χ4v) is 2.02. The van der Waals surface area contributed by atoms with E-state index in [0.29, 0.717) is 19.4 Å². The summed E-state index contributed by atoms with van der Waals surface area (Å²) in [7, 11) is 0. The number of oxime groups is 1. The lowest BCUT2D eigenvalue weighted by atomic mass is 10.2. The van der Waals surface area contributed by atoms with Crippen LogP contribution < -0.4 is 11.1 Å². The van der Waals surface area contributed by atoms with E-state index in [1.807, 2.05) is 16.8 Å². The largest absolute Gasteiger partial charge is 0.409 e. The van der Waals surface area contributed by atoms with E-state index in [0.717, 1.165) is 18.4 Å². The van der Waals surface area contributed by atoms with E-state index < -0.39 is 0 Å². The van der Waals surface area contributed by atoms with Gasteiger partial charge in [0.25, 0.3) is 0 Å². The Kier molecular flexibility index (Phi) is 6.09. The first-order chi connectivity index (χ1) is 8.22. The molecule has 6 heteroatoms. The number of hydrogen-bond acceptors (Lipinski definition) is 4. The summed E-state index contributed by atoms with van der Waals surface area (Å²) in [5.41, 5.74) is 6.36. The molecule has 0 spiro atoms. The molecule has 0 unspecified atom stereocenters. The zero-order chi connectivity index (χ0) is 12.5. The predicted molar refractivity (Wildman–Crippen MR) is 68.3 cm³/mol. The van der Waals surface area contributed by atoms with E-state index in [1.54, 1.807) is 11.3 Å². The molecule has 1 aromatic heterocycles. The van der Waals surface area contributed by atoms with Gasteiger partial charge in [-0.25, -0.2) is 0 Å². The summed E-state index contributed by atoms with van der Waals surface area (Å²) in [5.74, 6) is 0.266. The molecular weight excluding hydrogens is 238 g/mol. The van der Waals surface area contributed by atoms with Crippen LogP contribution in [-0.4, -0.2) is 23.5 Å². The molecule has 1 aromatic rings. The average molecular weight is 255 g/mol. The SMILES string of the molecule is NC(CCCCNC(=O)Cc1ccsc1)=NO. The Bertz CT molecular complexity index is 363. The fourth-order valence-electron chi connectivity index (χ4n) is 1.35. The second kappa shape index (κ2) is 7.67. The second-order valence-corrected chi connectivity index (χ2v) is 4.49. The number of nitrogens with two attached hydrogens (primary N) is 1. The number of nitrogens with one attached hydrogen (secondary N) is 1. The van der Waals surface area contributed by atoms with Gasteiger partial charge < -0.3 is 16.3 Å². The first kappa shape index (κ1) is 13.5. The maximum absolute atomic E-state index is 11.5. The highest BCUT2D eigenvalue weighted by Crippen LogP contribution is 2.06. The zero-order valence-electron chi connectivity index (χ0n) is 9.56. The van der Waals surface area contributed by atoms with Gasteiger partial charge in [0.05, 0.1) is 6.42 Å². The Hall–Kier alpha value is -1.56. The van der Waals surface area contributed by atoms with E-state index in [4.69, 9.17) is 10.9 Å². The van der Waals surface area contributed by atoms with Gasteiger partial charge in [-0.1, -0.05) is 5.16 Å². The lowest BCUT2D eigenvalue weighted by Gasteiger charge is -2.04. The molecule has 0 bridgehead atoms. The first-order valence-electron chi connectivity index (χ1n) is 5.46. The number of amidine groups is 1. The van der Waals surface area contributed by atoms with E-state index in [1.165, 1.54) is 0 Å². The van der Waals surface area contributed by atoms with Gasteiger partial charge in [-0.3, -0.25) is 4.79 Å². The molecule has 4 N–H and O–H groups in total. The monoisotopic (exact) mass is 255 g/mol. The van der Waals surface area contributed by atoms with Crippen LogP contribution in [0.5, 0.6) is 0 Å². The molecule has 0 aliphatic rings. The van der Waals surface area contributed by atoms with Crippen LogP contribution in [0.15, 0.2) is 22.0 Å². The molecule has 0 saturated heterocycles. The van der Waals surface area contributed by atoms with Gasteiger partial charge >= 0.3 is 0 Å². The minimum absolute atomic E-state index is 0.0344. The molecule has 0 aliphatic heterocycles. The molecule has 0 aliphatic carbocycles. The summed E-state index contributed by atoms with van der Waals surface area (Å²) in [5, 5.41) is 18.0. The summed E-state index contributed by atoms with van der Waals surface area (Å²) < 4.78 is 0. The highest BCUT2D eigenvalue weighted by molar-refractivity contribution is 7.07. The molecule has 0 radical (unpaired) electrons. The summed E-state index contributed by atoms with van der Waals surface area (Å²) in [6, 6.07) is 1.95. The highest BCUT2D eigenvalue weighted by Gasteiger charge is 2.02. The minimum Gasteiger partial charge on any atom is -0.409 e. The summed E-state index contributed by atoms with van der Waals surface area (Å²) in [6.45, 7) is 0.627. The van der Waals surface area contributed by atoms with Crippen LogP contribution in [0.25, 0.3) is 0 Å². The number of unbranched alkanes of at least 4 members (excludes halogenated alkanes) is 1. The predicted octanol–water partition coefficient (Wildman–Crippen LogP) is 1.32. The maximum atomic E-state index is 11.5. The topological polar surface area (TPSA) is 87.7 Å². The molecule has 17 heavy (non-hydrogen) atoms. The third-order valence-electron chi connectivity index (χ3n) is 2.26. The van der Waals surface area contributed by atoms with E-state index in [9.17, 15) is 4.79 Å². The standard InChI is InChI=1S/C11H17N3O2S/c12-10(14-16)3-1-2-5-13-11(15)7-9-4-6-17-8-9/h4,6,8,16H,1-3,5,7H2,(H2,12,14)(H,13,15). The van der Waals surface area contributed by atoms with E-state index in [2.05, 4.69) is 10.5 Å². The number of nitrogens with zero attached hydrogens (tertiary/aromatic N) is 1. The average Bonchev–Trinajstić information content (AvgIpc) is 2.81. The van der Waals surface area contributed by atoms with Gasteiger partial charge in [-0.15, -0.1) is 0 Å². The lowest BCUT2D eigenvalue weighted by molar-refractivity contribution is -0.120. The maximum Gasteiger partial charge on any atom is 0.224 e. The molecule has 1 rings (SSSR count). The van der Waals surface area contributed by atoms with Gasteiger partial charge in [-0.2, -0.15) is 11.3 Å². The molecule has 0 aromatic carbocycles. The van der Waals surface area contributed by atoms with Gasteiger partial charge in [0.2, 0.25) is 5.91 Å². The molecule has 0 fully saturated rings. The summed E-state index contributed by atoms with van der Waals surface area (Å²) in [6.07, 6.45) is 2.61. The molecule has 0 saturated carbocycles. The van der Waals surface area contributed by atoms with Crippen molar-refractivity contribution < 1.29 is 10.0 Å². The van der Waals surface area contributed by atoms with Crippen molar-refractivity contribution in [2.45, 2.75) is 25.7 Å². The van der Waals surface area contributed by atoms with Crippen molar-refractivity contribution in [2.24, 2.45) is 10.9 Å². The molecule has 0 atom stereocenters. The highest BCUT2D eigenvalue weighted by atomic mass is 32.1. The quantitative estimate of drug-likeness (QED) is 0.226. The van der Waals surface area contributed by atoms with Crippen LogP contribution in [0.1, 0.15) is 24.8 Å². The third kappa shape index (κ3) is 5.91. The van der Waals surface area contributed by atoms with Crippen molar-refractivity contribution in [3.05, 3.63) is 22.4 Å². The van der Waals surface area contributed by atoms with Crippen molar-refractivity contribution in [2.75, 3.05) is 6.54 Å². The van der Waals surface area contributed by atoms with E-state index in [-0.39, 0.29) is 11.7 Å². The number of carbonyl (C=O) groups excluding carboxylic acids is 1. The Balaban J connectivity index is 2.05. The number of rotatable bonds is 7. The molecule has 94 valence electrons. The van der Waals surface area contributed by atoms with Crippen LogP contribution in [0, 0.1) is 0 Å². The van der Waals surface area contributed by atoms with Crippen LogP contribution in [-0.2, 0) is 11.2 Å². The summed E-state index contributed by atoms with van der Waals surface area (Å²) in [4.78, 5) is 11.5. The van der Waals surface area contributed by atoms with Crippen molar-refractivity contribution in [3.8, 4) is 0 Å². The van der Waals surface area contributed by atoms with E-state index >= 15 is 0 Å². The Morgan fingerprint density at radius 3 is 3.00 bits per heavy atom. The zero-order valence-corrected chi connectivity index (χ0v) is 10.4. The van der Waals surface area contributed by atoms with Crippen LogP contribution in [0.3, 0.4) is 0 Å². The van der Waals surface area contributed by atoms with Crippen molar-refractivity contribution in [1.29, 1.82) is 0 Å². The summed E-state index contributed by atoms with van der Waals surface area (Å²) >= 11 is 1.59. The number of carbonyl (C=O) groups is 1. The normalized spacial score (nSPS) is 11.4. The molecular formula is C11H17N3O2S. The Labute approximate surface area is 104 Å². The van der Waals surface area contributed by atoms with Crippen LogP contribution >= 0.6 is 11.3 Å². The molecule has 5 nitrogen and oxygen atoms in total. The molecule has 1 heterocycles. The van der Waals surface area contributed by atoms with Crippen molar-refractivity contribution in [3.63, 3.8) is 0 Å². The van der Waals surface area contributed by atoms with Crippen molar-refractivity contribution >= 4 is 23.1 Å². The van der Waals surface area contributed by atoms with Gasteiger partial charge in [0.1, 0.15) is 5.84 Å². The number of thiophene rings is 1. The van der Waals surface area contributed by atoms with Crippen molar-refractivity contribution in [1.82, 2.24) is 5.32 Å². The van der Waals surface area contributed by atoms with Crippen LogP contribution in [0.2, 0.25) is 0 Å². The second-order valence-electron chi connectivity index (χ2n) is 3.71. The lowest BCUT2D eigenvalue weighted by Crippen LogP contribution is -2.26.